The van der Waals surface area contributed by atoms with Gasteiger partial charge in [0.1, 0.15) is 0 Å². The van der Waals surface area contributed by atoms with Gasteiger partial charge in [0, 0.05) is 24.2 Å². The number of esters is 1. The van der Waals surface area contributed by atoms with Crippen LogP contribution in [-0.4, -0.2) is 30.3 Å². The number of aryl methyl sites for hydroxylation is 2. The summed E-state index contributed by atoms with van der Waals surface area (Å²) in [5.41, 5.74) is 3.64. The molecule has 1 heterocycles. The Hall–Kier alpha value is -2.95. The molecule has 1 aliphatic rings. The molecule has 2 atom stereocenters. The van der Waals surface area contributed by atoms with Gasteiger partial charge >= 0.3 is 5.97 Å². The molecular weight excluding hydrogens is 378 g/mol. The van der Waals surface area contributed by atoms with Crippen LogP contribution in [0.3, 0.4) is 0 Å². The molecule has 1 aliphatic heterocycles. The number of carbonyl (C=O) groups excluding carboxylic acids is 3. The van der Waals surface area contributed by atoms with Gasteiger partial charge < -0.3 is 9.64 Å². The summed E-state index contributed by atoms with van der Waals surface area (Å²) in [4.78, 5) is 40.0. The van der Waals surface area contributed by atoms with Crippen molar-refractivity contribution in [3.05, 3.63) is 65.2 Å². The lowest BCUT2D eigenvalue weighted by Gasteiger charge is -2.23. The first kappa shape index (κ1) is 21.8. The van der Waals surface area contributed by atoms with Gasteiger partial charge in [0.2, 0.25) is 11.7 Å². The quantitative estimate of drug-likeness (QED) is 0.482. The maximum absolute atomic E-state index is 12.8. The number of para-hydroxylation sites is 1. The number of hydrogen-bond donors (Lipinski definition) is 0. The number of hydrogen-bond acceptors (Lipinski definition) is 4. The summed E-state index contributed by atoms with van der Waals surface area (Å²) in [6, 6.07) is 14.9. The molecule has 1 saturated heterocycles. The molecule has 0 aliphatic carbocycles. The molecule has 5 nitrogen and oxygen atoms in total. The fraction of sp³-hybridized carbons (Fsp3) is 0.400. The largest absolute Gasteiger partial charge is 0.454 e. The zero-order valence-corrected chi connectivity index (χ0v) is 17.9. The van der Waals surface area contributed by atoms with E-state index in [-0.39, 0.29) is 24.7 Å². The Morgan fingerprint density at radius 1 is 1.00 bits per heavy atom. The van der Waals surface area contributed by atoms with Crippen molar-refractivity contribution in [2.75, 3.05) is 11.4 Å². The van der Waals surface area contributed by atoms with E-state index < -0.39 is 18.0 Å². The van der Waals surface area contributed by atoms with Crippen LogP contribution in [0.4, 0.5) is 5.69 Å². The summed E-state index contributed by atoms with van der Waals surface area (Å²) in [5, 5.41) is 0. The summed E-state index contributed by atoms with van der Waals surface area (Å²) in [6.07, 6.45) is 1.29. The van der Waals surface area contributed by atoms with Crippen molar-refractivity contribution in [3.63, 3.8) is 0 Å². The van der Waals surface area contributed by atoms with Gasteiger partial charge in [-0.25, -0.2) is 0 Å². The molecule has 0 radical (unpaired) electrons. The van der Waals surface area contributed by atoms with Crippen molar-refractivity contribution in [1.29, 1.82) is 0 Å². The van der Waals surface area contributed by atoms with Gasteiger partial charge in [-0.2, -0.15) is 0 Å². The minimum Gasteiger partial charge on any atom is -0.454 e. The predicted molar refractivity (Wildman–Crippen MR) is 117 cm³/mol. The monoisotopic (exact) mass is 407 g/mol. The van der Waals surface area contributed by atoms with E-state index in [4.69, 9.17) is 4.74 Å². The van der Waals surface area contributed by atoms with Crippen molar-refractivity contribution >= 4 is 23.3 Å². The van der Waals surface area contributed by atoms with Gasteiger partial charge in [-0.15, -0.1) is 0 Å². The fourth-order valence-corrected chi connectivity index (χ4v) is 3.99. The van der Waals surface area contributed by atoms with Crippen molar-refractivity contribution in [2.24, 2.45) is 5.92 Å². The standard InChI is InChI=1S/C25H29NO4/c1-4-17-13-10-14-18(5-2)23(17)26-16-20(15-22(26)27)25(29)30-21(6-3)24(28)19-11-8-7-9-12-19/h7-14,20-21H,4-6,15-16H2,1-3H3/t20-,21-/m1/s1. The second kappa shape index (κ2) is 9.70. The van der Waals surface area contributed by atoms with Crippen LogP contribution in [0.25, 0.3) is 0 Å². The summed E-state index contributed by atoms with van der Waals surface area (Å²) < 4.78 is 5.58. The SMILES string of the molecule is CCc1cccc(CC)c1N1C[C@H](C(=O)O[C@H](CC)C(=O)c2ccccc2)CC1=O. The van der Waals surface area contributed by atoms with Crippen LogP contribution in [0.5, 0.6) is 0 Å². The molecular formula is C25H29NO4. The molecule has 1 amide bonds. The number of Topliss-reactive ketones (excluding diaryl/α,β-unsaturated/α-hetero) is 1. The van der Waals surface area contributed by atoms with E-state index in [1.165, 1.54) is 0 Å². The Balaban J connectivity index is 1.75. The van der Waals surface area contributed by atoms with Crippen LogP contribution < -0.4 is 4.90 Å². The number of ether oxygens (including phenoxy) is 1. The lowest BCUT2D eigenvalue weighted by molar-refractivity contribution is -0.151. The summed E-state index contributed by atoms with van der Waals surface area (Å²) in [6.45, 7) is 6.23. The van der Waals surface area contributed by atoms with E-state index in [1.54, 1.807) is 29.2 Å². The lowest BCUT2D eigenvalue weighted by atomic mass is 10.0. The number of carbonyl (C=O) groups is 3. The smallest absolute Gasteiger partial charge is 0.312 e. The molecule has 30 heavy (non-hydrogen) atoms. The van der Waals surface area contributed by atoms with Crippen LogP contribution >= 0.6 is 0 Å². The zero-order valence-electron chi connectivity index (χ0n) is 17.9. The Kier molecular flexibility index (Phi) is 7.03. The number of rotatable bonds is 8. The highest BCUT2D eigenvalue weighted by Gasteiger charge is 2.39. The second-order valence-electron chi connectivity index (χ2n) is 7.60. The first-order valence-corrected chi connectivity index (χ1v) is 10.7. The molecule has 158 valence electrons. The first-order chi connectivity index (χ1) is 14.5. The molecule has 5 heteroatoms. The molecule has 0 spiro atoms. The molecule has 2 aromatic rings. The van der Waals surface area contributed by atoms with Crippen LogP contribution in [0.15, 0.2) is 48.5 Å². The molecule has 3 rings (SSSR count). The van der Waals surface area contributed by atoms with E-state index in [2.05, 4.69) is 13.8 Å². The summed E-state index contributed by atoms with van der Waals surface area (Å²) >= 11 is 0. The number of benzene rings is 2. The number of amides is 1. The Morgan fingerprint density at radius 3 is 2.20 bits per heavy atom. The van der Waals surface area contributed by atoms with Gasteiger partial charge in [-0.1, -0.05) is 69.3 Å². The summed E-state index contributed by atoms with van der Waals surface area (Å²) in [7, 11) is 0. The van der Waals surface area contributed by atoms with Crippen molar-refractivity contribution < 1.29 is 19.1 Å². The Morgan fingerprint density at radius 2 is 1.63 bits per heavy atom. The van der Waals surface area contributed by atoms with E-state index in [9.17, 15) is 14.4 Å². The third kappa shape index (κ3) is 4.45. The maximum Gasteiger partial charge on any atom is 0.312 e. The fourth-order valence-electron chi connectivity index (χ4n) is 3.99. The number of nitrogens with zero attached hydrogens (tertiary/aromatic N) is 1. The first-order valence-electron chi connectivity index (χ1n) is 10.7. The molecule has 1 fully saturated rings. The van der Waals surface area contributed by atoms with Crippen LogP contribution in [-0.2, 0) is 27.2 Å². The highest BCUT2D eigenvalue weighted by atomic mass is 16.5. The molecule has 0 unspecified atom stereocenters. The third-order valence-corrected chi connectivity index (χ3v) is 5.67. The predicted octanol–water partition coefficient (Wildman–Crippen LogP) is 4.37. The lowest BCUT2D eigenvalue weighted by Crippen LogP contribution is -2.32. The zero-order chi connectivity index (χ0) is 21.7. The van der Waals surface area contributed by atoms with Gasteiger partial charge in [-0.3, -0.25) is 14.4 Å². The molecule has 0 bridgehead atoms. The van der Waals surface area contributed by atoms with Crippen LogP contribution in [0.1, 0.15) is 55.1 Å². The topological polar surface area (TPSA) is 63.7 Å². The van der Waals surface area contributed by atoms with Crippen LogP contribution in [0.2, 0.25) is 0 Å². The second-order valence-corrected chi connectivity index (χ2v) is 7.60. The summed E-state index contributed by atoms with van der Waals surface area (Å²) in [5.74, 6) is -1.33. The molecule has 0 aromatic heterocycles. The maximum atomic E-state index is 12.8. The molecule has 0 N–H and O–H groups in total. The van der Waals surface area contributed by atoms with E-state index >= 15 is 0 Å². The van der Waals surface area contributed by atoms with E-state index in [0.717, 1.165) is 29.7 Å². The van der Waals surface area contributed by atoms with Crippen molar-refractivity contribution in [2.45, 2.75) is 52.6 Å². The van der Waals surface area contributed by atoms with Crippen molar-refractivity contribution in [3.8, 4) is 0 Å². The molecule has 2 aromatic carbocycles. The Bertz CT molecular complexity index is 900. The normalized spacial score (nSPS) is 17.1. The minimum atomic E-state index is -0.835. The van der Waals surface area contributed by atoms with Gasteiger partial charge in [0.05, 0.1) is 5.92 Å². The van der Waals surface area contributed by atoms with E-state index in [0.29, 0.717) is 12.0 Å². The van der Waals surface area contributed by atoms with Gasteiger partial charge in [0.15, 0.2) is 6.10 Å². The average Bonchev–Trinajstić information content (AvgIpc) is 3.18. The highest BCUT2D eigenvalue weighted by molar-refractivity contribution is 6.02. The Labute approximate surface area is 178 Å². The average molecular weight is 408 g/mol. The number of anilines is 1. The van der Waals surface area contributed by atoms with Crippen molar-refractivity contribution in [1.82, 2.24) is 0 Å². The number of ketones is 1. The van der Waals surface area contributed by atoms with Crippen LogP contribution in [0, 0.1) is 5.92 Å². The minimum absolute atomic E-state index is 0.0741. The van der Waals surface area contributed by atoms with E-state index in [1.807, 2.05) is 31.2 Å². The van der Waals surface area contributed by atoms with Gasteiger partial charge in [-0.05, 0) is 30.4 Å². The molecule has 0 saturated carbocycles. The highest BCUT2D eigenvalue weighted by Crippen LogP contribution is 2.33. The third-order valence-electron chi connectivity index (χ3n) is 5.67. The van der Waals surface area contributed by atoms with Gasteiger partial charge in [0.25, 0.3) is 0 Å².